The summed E-state index contributed by atoms with van der Waals surface area (Å²) in [4.78, 5) is 12.0. The van der Waals surface area contributed by atoms with Crippen LogP contribution in [0.5, 0.6) is 11.5 Å². The summed E-state index contributed by atoms with van der Waals surface area (Å²) in [5.74, 6) is 1.75. The molecule has 1 amide bonds. The molecule has 0 saturated carbocycles. The Labute approximate surface area is 150 Å². The smallest absolute Gasteiger partial charge is 0.224 e. The standard InChI is InChI=1S/C21H27NO3/c1-15-12-16(2)17(3)20(13-15)25-11-5-10-22-21(23)14-18-6-8-19(24-4)9-7-18/h6-9,12-13H,5,10-11,14H2,1-4H3,(H,22,23). The Hall–Kier alpha value is -2.49. The number of carbonyl (C=O) groups is 1. The Morgan fingerprint density at radius 2 is 1.80 bits per heavy atom. The minimum atomic E-state index is 0.0211. The van der Waals surface area contributed by atoms with Crippen LogP contribution in [0.25, 0.3) is 0 Å². The van der Waals surface area contributed by atoms with Crippen molar-refractivity contribution < 1.29 is 14.3 Å². The predicted octanol–water partition coefficient (Wildman–Crippen LogP) is 3.75. The molecule has 0 heterocycles. The van der Waals surface area contributed by atoms with Gasteiger partial charge in [-0.1, -0.05) is 18.2 Å². The summed E-state index contributed by atoms with van der Waals surface area (Å²) >= 11 is 0. The van der Waals surface area contributed by atoms with Gasteiger partial charge in [0, 0.05) is 6.54 Å². The molecule has 0 radical (unpaired) electrons. The maximum atomic E-state index is 12.0. The largest absolute Gasteiger partial charge is 0.497 e. The lowest BCUT2D eigenvalue weighted by Gasteiger charge is -2.12. The molecule has 4 nitrogen and oxygen atoms in total. The molecular formula is C21H27NO3. The number of hydrogen-bond acceptors (Lipinski definition) is 3. The normalized spacial score (nSPS) is 10.4. The van der Waals surface area contributed by atoms with E-state index in [4.69, 9.17) is 9.47 Å². The average Bonchev–Trinajstić information content (AvgIpc) is 2.59. The Balaban J connectivity index is 1.69. The van der Waals surface area contributed by atoms with Crippen LogP contribution in [0.15, 0.2) is 36.4 Å². The summed E-state index contributed by atoms with van der Waals surface area (Å²) in [6.07, 6.45) is 1.15. The van der Waals surface area contributed by atoms with Crippen LogP contribution in [0.3, 0.4) is 0 Å². The van der Waals surface area contributed by atoms with Gasteiger partial charge in [-0.2, -0.15) is 0 Å². The lowest BCUT2D eigenvalue weighted by Crippen LogP contribution is -2.27. The maximum absolute atomic E-state index is 12.0. The second-order valence-corrected chi connectivity index (χ2v) is 6.28. The highest BCUT2D eigenvalue weighted by Crippen LogP contribution is 2.23. The van der Waals surface area contributed by atoms with Gasteiger partial charge < -0.3 is 14.8 Å². The van der Waals surface area contributed by atoms with Crippen LogP contribution in [-0.2, 0) is 11.2 Å². The Morgan fingerprint density at radius 3 is 2.48 bits per heavy atom. The number of aryl methyl sites for hydroxylation is 2. The van der Waals surface area contributed by atoms with E-state index < -0.39 is 0 Å². The molecule has 0 aliphatic heterocycles. The quantitative estimate of drug-likeness (QED) is 0.744. The first-order chi connectivity index (χ1) is 12.0. The van der Waals surface area contributed by atoms with Crippen LogP contribution in [0.4, 0.5) is 0 Å². The lowest BCUT2D eigenvalue weighted by atomic mass is 10.1. The Morgan fingerprint density at radius 1 is 1.08 bits per heavy atom. The predicted molar refractivity (Wildman–Crippen MR) is 100 cm³/mol. The highest BCUT2D eigenvalue weighted by atomic mass is 16.5. The summed E-state index contributed by atoms with van der Waals surface area (Å²) in [7, 11) is 1.63. The van der Waals surface area contributed by atoms with E-state index in [-0.39, 0.29) is 5.91 Å². The number of methoxy groups -OCH3 is 1. The second-order valence-electron chi connectivity index (χ2n) is 6.28. The summed E-state index contributed by atoms with van der Waals surface area (Å²) < 4.78 is 11.0. The highest BCUT2D eigenvalue weighted by molar-refractivity contribution is 5.78. The zero-order chi connectivity index (χ0) is 18.2. The van der Waals surface area contributed by atoms with Crippen molar-refractivity contribution in [2.45, 2.75) is 33.6 Å². The Bertz CT molecular complexity index is 708. The SMILES string of the molecule is COc1ccc(CC(=O)NCCCOc2cc(C)cc(C)c2C)cc1. The van der Waals surface area contributed by atoms with Crippen molar-refractivity contribution in [3.05, 3.63) is 58.7 Å². The van der Waals surface area contributed by atoms with Crippen molar-refractivity contribution in [2.75, 3.05) is 20.3 Å². The van der Waals surface area contributed by atoms with Crippen molar-refractivity contribution in [3.63, 3.8) is 0 Å². The molecule has 25 heavy (non-hydrogen) atoms. The average molecular weight is 341 g/mol. The number of carbonyl (C=O) groups excluding carboxylic acids is 1. The van der Waals surface area contributed by atoms with E-state index >= 15 is 0 Å². The van der Waals surface area contributed by atoms with Crippen LogP contribution in [0, 0.1) is 20.8 Å². The van der Waals surface area contributed by atoms with Crippen molar-refractivity contribution in [1.29, 1.82) is 0 Å². The van der Waals surface area contributed by atoms with E-state index in [2.05, 4.69) is 38.2 Å². The highest BCUT2D eigenvalue weighted by Gasteiger charge is 2.05. The van der Waals surface area contributed by atoms with Crippen LogP contribution < -0.4 is 14.8 Å². The van der Waals surface area contributed by atoms with Gasteiger partial charge in [-0.05, 0) is 67.6 Å². The monoisotopic (exact) mass is 341 g/mol. The zero-order valence-electron chi connectivity index (χ0n) is 15.5. The molecular weight excluding hydrogens is 314 g/mol. The summed E-state index contributed by atoms with van der Waals surface area (Å²) in [6, 6.07) is 11.8. The second kappa shape index (κ2) is 9.11. The molecule has 0 unspecified atom stereocenters. The van der Waals surface area contributed by atoms with Gasteiger partial charge in [0.2, 0.25) is 5.91 Å². The molecule has 0 bridgehead atoms. The van der Waals surface area contributed by atoms with Crippen molar-refractivity contribution in [3.8, 4) is 11.5 Å². The number of nitrogens with one attached hydrogen (secondary N) is 1. The number of ether oxygens (including phenoxy) is 2. The van der Waals surface area contributed by atoms with E-state index in [1.807, 2.05) is 24.3 Å². The summed E-state index contributed by atoms with van der Waals surface area (Å²) in [5, 5.41) is 2.93. The molecule has 2 rings (SSSR count). The molecule has 134 valence electrons. The van der Waals surface area contributed by atoms with E-state index in [9.17, 15) is 4.79 Å². The van der Waals surface area contributed by atoms with E-state index in [0.29, 0.717) is 19.6 Å². The molecule has 2 aromatic carbocycles. The molecule has 0 saturated heterocycles. The maximum Gasteiger partial charge on any atom is 0.224 e. The Kier molecular flexibility index (Phi) is 6.87. The summed E-state index contributed by atoms with van der Waals surface area (Å²) in [6.45, 7) is 7.43. The molecule has 0 spiro atoms. The number of benzene rings is 2. The third-order valence-electron chi connectivity index (χ3n) is 4.19. The number of hydrogen-bond donors (Lipinski definition) is 1. The van der Waals surface area contributed by atoms with Crippen LogP contribution in [0.1, 0.15) is 28.7 Å². The van der Waals surface area contributed by atoms with Gasteiger partial charge in [0.05, 0.1) is 20.1 Å². The third-order valence-corrected chi connectivity index (χ3v) is 4.19. The van der Waals surface area contributed by atoms with Gasteiger partial charge in [-0.15, -0.1) is 0 Å². The van der Waals surface area contributed by atoms with Gasteiger partial charge in [0.1, 0.15) is 11.5 Å². The topological polar surface area (TPSA) is 47.6 Å². The molecule has 0 aromatic heterocycles. The van der Waals surface area contributed by atoms with Crippen molar-refractivity contribution >= 4 is 5.91 Å². The fourth-order valence-corrected chi connectivity index (χ4v) is 2.62. The van der Waals surface area contributed by atoms with Crippen LogP contribution in [0.2, 0.25) is 0 Å². The van der Waals surface area contributed by atoms with E-state index in [0.717, 1.165) is 23.5 Å². The molecule has 0 atom stereocenters. The third kappa shape index (κ3) is 5.82. The zero-order valence-corrected chi connectivity index (χ0v) is 15.5. The van der Waals surface area contributed by atoms with Gasteiger partial charge in [-0.3, -0.25) is 4.79 Å². The number of rotatable bonds is 8. The molecule has 2 aromatic rings. The van der Waals surface area contributed by atoms with Crippen LogP contribution >= 0.6 is 0 Å². The van der Waals surface area contributed by atoms with Gasteiger partial charge in [-0.25, -0.2) is 0 Å². The first-order valence-electron chi connectivity index (χ1n) is 8.60. The fraction of sp³-hybridized carbons (Fsp3) is 0.381. The van der Waals surface area contributed by atoms with Gasteiger partial charge >= 0.3 is 0 Å². The van der Waals surface area contributed by atoms with E-state index in [1.54, 1.807) is 7.11 Å². The molecule has 4 heteroatoms. The first-order valence-corrected chi connectivity index (χ1v) is 8.60. The molecule has 0 aliphatic carbocycles. The number of amides is 1. The first kappa shape index (κ1) is 18.8. The molecule has 1 N–H and O–H groups in total. The van der Waals surface area contributed by atoms with Gasteiger partial charge in [0.25, 0.3) is 0 Å². The molecule has 0 fully saturated rings. The molecule has 0 aliphatic rings. The van der Waals surface area contributed by atoms with Crippen molar-refractivity contribution in [1.82, 2.24) is 5.32 Å². The van der Waals surface area contributed by atoms with Crippen LogP contribution in [-0.4, -0.2) is 26.2 Å². The van der Waals surface area contributed by atoms with Gasteiger partial charge in [0.15, 0.2) is 0 Å². The van der Waals surface area contributed by atoms with E-state index in [1.165, 1.54) is 16.7 Å². The fourth-order valence-electron chi connectivity index (χ4n) is 2.62. The lowest BCUT2D eigenvalue weighted by molar-refractivity contribution is -0.120. The summed E-state index contributed by atoms with van der Waals surface area (Å²) in [5.41, 5.74) is 4.59. The van der Waals surface area contributed by atoms with Crippen molar-refractivity contribution in [2.24, 2.45) is 0 Å². The minimum absolute atomic E-state index is 0.0211. The minimum Gasteiger partial charge on any atom is -0.497 e.